The highest BCUT2D eigenvalue weighted by Gasteiger charge is 2.29. The first-order valence-electron chi connectivity index (χ1n) is 8.64. The van der Waals surface area contributed by atoms with Crippen molar-refractivity contribution in [2.45, 2.75) is 51.4 Å². The van der Waals surface area contributed by atoms with E-state index in [-0.39, 0.29) is 30.3 Å². The molecule has 0 spiro atoms. The Morgan fingerprint density at radius 1 is 1.20 bits per heavy atom. The summed E-state index contributed by atoms with van der Waals surface area (Å²) in [6.45, 7) is 3.65. The molecule has 0 aromatic heterocycles. The van der Waals surface area contributed by atoms with E-state index >= 15 is 0 Å². The number of unbranched alkanes of at least 4 members (excludes halogenated alkanes) is 1. The second-order valence-electron chi connectivity index (χ2n) is 6.08. The van der Waals surface area contributed by atoms with Gasteiger partial charge in [0, 0.05) is 25.2 Å². The average Bonchev–Trinajstić information content (AvgIpc) is 3.09. The van der Waals surface area contributed by atoms with Crippen LogP contribution in [0.2, 0.25) is 0 Å². The molecule has 2 atom stereocenters. The predicted molar refractivity (Wildman–Crippen MR) is 99.7 cm³/mol. The van der Waals surface area contributed by atoms with E-state index in [2.05, 4.69) is 17.6 Å². The van der Waals surface area contributed by atoms with Crippen LogP contribution in [0, 0.1) is 0 Å². The van der Waals surface area contributed by atoms with E-state index in [9.17, 15) is 9.59 Å². The monoisotopic (exact) mass is 369 g/mol. The molecule has 1 aromatic rings. The van der Waals surface area contributed by atoms with Gasteiger partial charge in [-0.3, -0.25) is 9.59 Å². The Hall–Kier alpha value is -1.63. The lowest BCUT2D eigenvalue weighted by molar-refractivity contribution is -0.132. The molecule has 1 saturated heterocycles. The molecule has 25 heavy (non-hydrogen) atoms. The molecular formula is C18H28ClN3O3. The number of carbonyl (C=O) groups is 2. The summed E-state index contributed by atoms with van der Waals surface area (Å²) in [6, 6.07) is 7.26. The molecule has 1 fully saturated rings. The Morgan fingerprint density at radius 2 is 1.92 bits per heavy atom. The first-order chi connectivity index (χ1) is 11.6. The lowest BCUT2D eigenvalue weighted by atomic mass is 10.1. The highest BCUT2D eigenvalue weighted by atomic mass is 35.5. The first-order valence-corrected chi connectivity index (χ1v) is 8.64. The van der Waals surface area contributed by atoms with Gasteiger partial charge in [-0.2, -0.15) is 0 Å². The van der Waals surface area contributed by atoms with Crippen molar-refractivity contribution in [2.75, 3.05) is 13.1 Å². The number of halogens is 1. The molecule has 1 aromatic carbocycles. The zero-order chi connectivity index (χ0) is 17.4. The van der Waals surface area contributed by atoms with E-state index in [0.29, 0.717) is 31.6 Å². The maximum Gasteiger partial charge on any atom is 0.251 e. The Kier molecular flexibility index (Phi) is 9.49. The van der Waals surface area contributed by atoms with Gasteiger partial charge in [0.05, 0.1) is 6.10 Å². The van der Waals surface area contributed by atoms with Gasteiger partial charge in [-0.1, -0.05) is 25.5 Å². The van der Waals surface area contributed by atoms with Gasteiger partial charge in [-0.05, 0) is 37.0 Å². The van der Waals surface area contributed by atoms with Crippen molar-refractivity contribution >= 4 is 24.2 Å². The zero-order valence-corrected chi connectivity index (χ0v) is 15.4. The van der Waals surface area contributed by atoms with Gasteiger partial charge in [-0.25, -0.2) is 0 Å². The van der Waals surface area contributed by atoms with Crippen molar-refractivity contribution in [1.29, 1.82) is 0 Å². The largest absolute Gasteiger partial charge is 0.364 e. The van der Waals surface area contributed by atoms with Crippen LogP contribution >= 0.6 is 12.4 Å². The Bertz CT molecular complexity index is 551. The summed E-state index contributed by atoms with van der Waals surface area (Å²) in [5, 5.41) is 5.75. The number of benzene rings is 1. The van der Waals surface area contributed by atoms with Crippen LogP contribution in [0.3, 0.4) is 0 Å². The van der Waals surface area contributed by atoms with Crippen LogP contribution in [0.4, 0.5) is 0 Å². The van der Waals surface area contributed by atoms with Crippen molar-refractivity contribution in [1.82, 2.24) is 10.6 Å². The summed E-state index contributed by atoms with van der Waals surface area (Å²) >= 11 is 0. The number of carbonyl (C=O) groups excluding carboxylic acids is 2. The third kappa shape index (κ3) is 6.65. The maximum atomic E-state index is 12.1. The van der Waals surface area contributed by atoms with E-state index in [4.69, 9.17) is 10.5 Å². The maximum absolute atomic E-state index is 12.1. The number of nitrogens with two attached hydrogens (primary N) is 1. The van der Waals surface area contributed by atoms with Gasteiger partial charge in [0.2, 0.25) is 5.91 Å². The number of amides is 2. The fourth-order valence-corrected chi connectivity index (χ4v) is 2.63. The number of ether oxygens (including phenoxy) is 1. The second-order valence-corrected chi connectivity index (χ2v) is 6.08. The van der Waals surface area contributed by atoms with Gasteiger partial charge in [0.15, 0.2) is 0 Å². The summed E-state index contributed by atoms with van der Waals surface area (Å²) in [6.07, 6.45) is 3.16. The van der Waals surface area contributed by atoms with E-state index < -0.39 is 6.10 Å². The smallest absolute Gasteiger partial charge is 0.251 e. The molecule has 0 unspecified atom stereocenters. The van der Waals surface area contributed by atoms with Gasteiger partial charge >= 0.3 is 0 Å². The average molecular weight is 370 g/mol. The molecule has 2 amide bonds. The van der Waals surface area contributed by atoms with Crippen molar-refractivity contribution in [3.05, 3.63) is 35.4 Å². The van der Waals surface area contributed by atoms with Gasteiger partial charge in [-0.15, -0.1) is 12.4 Å². The molecule has 0 radical (unpaired) electrons. The Balaban J connectivity index is 0.00000312. The van der Waals surface area contributed by atoms with Gasteiger partial charge in [0.1, 0.15) is 6.10 Å². The van der Waals surface area contributed by atoms with Crippen LogP contribution in [0.1, 0.15) is 48.5 Å². The standard InChI is InChI=1S/C18H27N3O3.ClH/c1-2-3-10-20-17(22)14-6-4-13(5-7-14)12-21-18(23)16-9-8-15(11-19)24-16;/h4-7,15-16H,2-3,8-12,19H2,1H3,(H,20,22)(H,21,23);1H/t15-,16+;/m1./s1. The highest BCUT2D eigenvalue weighted by Crippen LogP contribution is 2.19. The summed E-state index contributed by atoms with van der Waals surface area (Å²) in [5.41, 5.74) is 7.13. The van der Waals surface area contributed by atoms with Crippen LogP contribution in [-0.4, -0.2) is 37.1 Å². The van der Waals surface area contributed by atoms with Crippen LogP contribution in [-0.2, 0) is 16.1 Å². The fraction of sp³-hybridized carbons (Fsp3) is 0.556. The first kappa shape index (κ1) is 21.4. The minimum absolute atomic E-state index is 0. The predicted octanol–water partition coefficient (Wildman–Crippen LogP) is 1.76. The molecule has 0 aliphatic carbocycles. The molecule has 6 nitrogen and oxygen atoms in total. The summed E-state index contributed by atoms with van der Waals surface area (Å²) in [7, 11) is 0. The molecule has 0 bridgehead atoms. The van der Waals surface area contributed by atoms with Crippen molar-refractivity contribution in [3.63, 3.8) is 0 Å². The van der Waals surface area contributed by atoms with E-state index in [1.54, 1.807) is 12.1 Å². The molecule has 1 aliphatic heterocycles. The molecule has 1 aliphatic rings. The Morgan fingerprint density at radius 3 is 2.52 bits per heavy atom. The van der Waals surface area contributed by atoms with Crippen LogP contribution in [0.15, 0.2) is 24.3 Å². The molecule has 2 rings (SSSR count). The summed E-state index contributed by atoms with van der Waals surface area (Å²) in [4.78, 5) is 24.0. The summed E-state index contributed by atoms with van der Waals surface area (Å²) < 4.78 is 5.57. The quantitative estimate of drug-likeness (QED) is 0.609. The van der Waals surface area contributed by atoms with E-state index in [1.165, 1.54) is 0 Å². The molecule has 7 heteroatoms. The van der Waals surface area contributed by atoms with Crippen LogP contribution in [0.5, 0.6) is 0 Å². The summed E-state index contributed by atoms with van der Waals surface area (Å²) in [5.74, 6) is -0.168. The Labute approximate surface area is 155 Å². The lowest BCUT2D eigenvalue weighted by Gasteiger charge is -2.13. The number of nitrogens with one attached hydrogen (secondary N) is 2. The van der Waals surface area contributed by atoms with Crippen molar-refractivity contribution in [2.24, 2.45) is 5.73 Å². The molecule has 0 saturated carbocycles. The molecule has 1 heterocycles. The number of hydrogen-bond donors (Lipinski definition) is 3. The third-order valence-electron chi connectivity index (χ3n) is 4.16. The topological polar surface area (TPSA) is 93.5 Å². The molecule has 4 N–H and O–H groups in total. The minimum atomic E-state index is -0.401. The van der Waals surface area contributed by atoms with E-state index in [1.807, 2.05) is 12.1 Å². The SMILES string of the molecule is CCCCNC(=O)c1ccc(CNC(=O)[C@@H]2CC[C@H](CN)O2)cc1.Cl. The highest BCUT2D eigenvalue weighted by molar-refractivity contribution is 5.94. The second kappa shape index (κ2) is 11.1. The van der Waals surface area contributed by atoms with E-state index in [0.717, 1.165) is 24.8 Å². The third-order valence-corrected chi connectivity index (χ3v) is 4.16. The number of hydrogen-bond acceptors (Lipinski definition) is 4. The zero-order valence-electron chi connectivity index (χ0n) is 14.6. The van der Waals surface area contributed by atoms with Crippen LogP contribution in [0.25, 0.3) is 0 Å². The van der Waals surface area contributed by atoms with Gasteiger partial charge < -0.3 is 21.1 Å². The van der Waals surface area contributed by atoms with Crippen LogP contribution < -0.4 is 16.4 Å². The van der Waals surface area contributed by atoms with Gasteiger partial charge in [0.25, 0.3) is 5.91 Å². The normalized spacial score (nSPS) is 19.1. The number of rotatable bonds is 8. The molecular weight excluding hydrogens is 342 g/mol. The van der Waals surface area contributed by atoms with Crippen molar-refractivity contribution < 1.29 is 14.3 Å². The fourth-order valence-electron chi connectivity index (χ4n) is 2.63. The van der Waals surface area contributed by atoms with Crippen molar-refractivity contribution in [3.8, 4) is 0 Å². The lowest BCUT2D eigenvalue weighted by Crippen LogP contribution is -2.35. The minimum Gasteiger partial charge on any atom is -0.364 e. The molecule has 140 valence electrons.